The van der Waals surface area contributed by atoms with Gasteiger partial charge in [-0.15, -0.1) is 0 Å². The van der Waals surface area contributed by atoms with E-state index in [0.717, 1.165) is 4.47 Å². The van der Waals surface area contributed by atoms with Crippen molar-refractivity contribution in [1.29, 1.82) is 0 Å². The summed E-state index contributed by atoms with van der Waals surface area (Å²) in [5.74, 6) is 0.0413. The Balaban J connectivity index is 2.71. The molecular weight excluding hydrogens is 418 g/mol. The zero-order valence-corrected chi connectivity index (χ0v) is 16.3. The SMILES string of the molecule is C[C@@H](C(=O)Nc1ccc(Br)c(Br)n1)N(C)C(=O)OC(C)(C)C. The summed E-state index contributed by atoms with van der Waals surface area (Å²) < 4.78 is 6.60. The fraction of sp³-hybridized carbons (Fsp3) is 0.500. The van der Waals surface area contributed by atoms with Gasteiger partial charge in [-0.3, -0.25) is 9.69 Å². The molecule has 122 valence electrons. The number of carbonyl (C=O) groups is 2. The molecule has 1 N–H and O–H groups in total. The van der Waals surface area contributed by atoms with Crippen LogP contribution in [0.2, 0.25) is 0 Å². The van der Waals surface area contributed by atoms with E-state index in [1.54, 1.807) is 39.8 Å². The van der Waals surface area contributed by atoms with Crippen molar-refractivity contribution in [3.8, 4) is 0 Å². The molecule has 0 bridgehead atoms. The van der Waals surface area contributed by atoms with Crippen molar-refractivity contribution in [3.63, 3.8) is 0 Å². The minimum absolute atomic E-state index is 0.352. The molecule has 0 aliphatic rings. The van der Waals surface area contributed by atoms with Crippen molar-refractivity contribution >= 4 is 49.7 Å². The normalized spacial score (nSPS) is 12.5. The second-order valence-electron chi connectivity index (χ2n) is 5.73. The van der Waals surface area contributed by atoms with Crippen LogP contribution < -0.4 is 5.32 Å². The molecule has 1 heterocycles. The maximum Gasteiger partial charge on any atom is 0.410 e. The van der Waals surface area contributed by atoms with Crippen LogP contribution in [0.25, 0.3) is 0 Å². The predicted octanol–water partition coefficient (Wildman–Crippen LogP) is 3.80. The lowest BCUT2D eigenvalue weighted by atomic mass is 10.2. The van der Waals surface area contributed by atoms with E-state index in [9.17, 15) is 9.59 Å². The number of hydrogen-bond acceptors (Lipinski definition) is 4. The predicted molar refractivity (Wildman–Crippen MR) is 91.7 cm³/mol. The van der Waals surface area contributed by atoms with Crippen LogP contribution in [-0.2, 0) is 9.53 Å². The Kier molecular flexibility index (Phi) is 6.37. The van der Waals surface area contributed by atoms with Gasteiger partial charge < -0.3 is 10.1 Å². The lowest BCUT2D eigenvalue weighted by molar-refractivity contribution is -0.120. The van der Waals surface area contributed by atoms with E-state index in [-0.39, 0.29) is 5.91 Å². The molecule has 22 heavy (non-hydrogen) atoms. The number of nitrogens with one attached hydrogen (secondary N) is 1. The smallest absolute Gasteiger partial charge is 0.410 e. The van der Waals surface area contributed by atoms with Crippen molar-refractivity contribution in [2.75, 3.05) is 12.4 Å². The molecule has 1 aromatic rings. The lowest BCUT2D eigenvalue weighted by Crippen LogP contribution is -2.45. The Labute approximate surface area is 146 Å². The van der Waals surface area contributed by atoms with Gasteiger partial charge in [-0.1, -0.05) is 0 Å². The van der Waals surface area contributed by atoms with Crippen molar-refractivity contribution in [1.82, 2.24) is 9.88 Å². The van der Waals surface area contributed by atoms with Crippen molar-refractivity contribution < 1.29 is 14.3 Å². The first-order valence-electron chi connectivity index (χ1n) is 6.60. The molecule has 2 amide bonds. The molecular formula is C14H19Br2N3O3. The van der Waals surface area contributed by atoms with Gasteiger partial charge in [0.1, 0.15) is 22.1 Å². The maximum atomic E-state index is 12.2. The second-order valence-corrected chi connectivity index (χ2v) is 7.33. The highest BCUT2D eigenvalue weighted by Crippen LogP contribution is 2.22. The molecule has 0 unspecified atom stereocenters. The summed E-state index contributed by atoms with van der Waals surface area (Å²) in [5.41, 5.74) is -0.611. The van der Waals surface area contributed by atoms with Gasteiger partial charge in [0.2, 0.25) is 5.91 Å². The number of carbonyl (C=O) groups excluding carboxylic acids is 2. The number of nitrogens with zero attached hydrogens (tertiary/aromatic N) is 2. The van der Waals surface area contributed by atoms with Gasteiger partial charge in [0.15, 0.2) is 0 Å². The number of likely N-dealkylation sites (N-methyl/N-ethyl adjacent to an activating group) is 1. The van der Waals surface area contributed by atoms with E-state index in [1.165, 1.54) is 11.9 Å². The number of pyridine rings is 1. The first-order chi connectivity index (χ1) is 10.0. The number of ether oxygens (including phenoxy) is 1. The molecule has 0 saturated heterocycles. The van der Waals surface area contributed by atoms with E-state index >= 15 is 0 Å². The van der Waals surface area contributed by atoms with Crippen LogP contribution in [0, 0.1) is 0 Å². The minimum atomic E-state index is -0.695. The Hall–Kier alpha value is -1.15. The maximum absolute atomic E-state index is 12.2. The average molecular weight is 437 g/mol. The van der Waals surface area contributed by atoms with Crippen molar-refractivity contribution in [2.24, 2.45) is 0 Å². The molecule has 0 spiro atoms. The number of aromatic nitrogens is 1. The molecule has 1 aromatic heterocycles. The molecule has 6 nitrogen and oxygen atoms in total. The van der Waals surface area contributed by atoms with Crippen LogP contribution in [-0.4, -0.2) is 40.6 Å². The van der Waals surface area contributed by atoms with Crippen LogP contribution in [0.15, 0.2) is 21.2 Å². The second kappa shape index (κ2) is 7.41. The van der Waals surface area contributed by atoms with Crippen LogP contribution in [0.1, 0.15) is 27.7 Å². The molecule has 0 aliphatic heterocycles. The molecule has 1 rings (SSSR count). The summed E-state index contributed by atoms with van der Waals surface area (Å²) in [6.45, 7) is 6.93. The highest BCUT2D eigenvalue weighted by Gasteiger charge is 2.27. The molecule has 0 saturated carbocycles. The first kappa shape index (κ1) is 18.9. The monoisotopic (exact) mass is 435 g/mol. The van der Waals surface area contributed by atoms with Gasteiger partial charge in [0.25, 0.3) is 0 Å². The molecule has 0 radical (unpaired) electrons. The van der Waals surface area contributed by atoms with Crippen LogP contribution in [0.5, 0.6) is 0 Å². The van der Waals surface area contributed by atoms with E-state index in [0.29, 0.717) is 10.4 Å². The fourth-order valence-corrected chi connectivity index (χ4v) is 1.93. The van der Waals surface area contributed by atoms with Crippen LogP contribution >= 0.6 is 31.9 Å². The van der Waals surface area contributed by atoms with E-state index in [2.05, 4.69) is 42.2 Å². The Morgan fingerprint density at radius 1 is 1.32 bits per heavy atom. The number of hydrogen-bond donors (Lipinski definition) is 1. The zero-order valence-electron chi connectivity index (χ0n) is 13.1. The quantitative estimate of drug-likeness (QED) is 0.731. The summed E-state index contributed by atoms with van der Waals surface area (Å²) in [6.07, 6.45) is -0.555. The third-order valence-electron chi connectivity index (χ3n) is 2.70. The van der Waals surface area contributed by atoms with Crippen LogP contribution in [0.3, 0.4) is 0 Å². The number of rotatable bonds is 3. The molecule has 0 aromatic carbocycles. The topological polar surface area (TPSA) is 71.5 Å². The third-order valence-corrected chi connectivity index (χ3v) is 4.47. The minimum Gasteiger partial charge on any atom is -0.444 e. The van der Waals surface area contributed by atoms with Crippen molar-refractivity contribution in [2.45, 2.75) is 39.3 Å². The standard InChI is InChI=1S/C14H19Br2N3O3/c1-8(19(5)13(21)22-14(2,3)4)12(20)18-10-7-6-9(15)11(16)17-10/h6-8H,1-5H3,(H,17,18,20)/t8-/m0/s1. The van der Waals surface area contributed by atoms with Crippen LogP contribution in [0.4, 0.5) is 10.6 Å². The number of amides is 2. The largest absolute Gasteiger partial charge is 0.444 e. The van der Waals surface area contributed by atoms with Gasteiger partial charge >= 0.3 is 6.09 Å². The third kappa shape index (κ3) is 5.57. The highest BCUT2D eigenvalue weighted by molar-refractivity contribution is 9.13. The zero-order chi connectivity index (χ0) is 17.1. The van der Waals surface area contributed by atoms with Gasteiger partial charge in [-0.25, -0.2) is 9.78 Å². The Morgan fingerprint density at radius 3 is 2.41 bits per heavy atom. The Morgan fingerprint density at radius 2 is 1.91 bits per heavy atom. The lowest BCUT2D eigenvalue weighted by Gasteiger charge is -2.28. The van der Waals surface area contributed by atoms with Gasteiger partial charge in [0.05, 0.1) is 4.47 Å². The average Bonchev–Trinajstić information content (AvgIpc) is 2.39. The first-order valence-corrected chi connectivity index (χ1v) is 8.18. The van der Waals surface area contributed by atoms with Crippen molar-refractivity contribution in [3.05, 3.63) is 21.2 Å². The van der Waals surface area contributed by atoms with Gasteiger partial charge in [0, 0.05) is 7.05 Å². The summed E-state index contributed by atoms with van der Waals surface area (Å²) in [7, 11) is 1.52. The number of halogens is 2. The Bertz CT molecular complexity index is 573. The molecule has 0 aliphatic carbocycles. The molecule has 8 heteroatoms. The summed E-state index contributed by atoms with van der Waals surface area (Å²) in [6, 6.07) is 2.72. The van der Waals surface area contributed by atoms with Gasteiger partial charge in [-0.05, 0) is 71.7 Å². The summed E-state index contributed by atoms with van der Waals surface area (Å²) in [4.78, 5) is 29.5. The van der Waals surface area contributed by atoms with E-state index in [4.69, 9.17) is 4.74 Å². The summed E-state index contributed by atoms with van der Waals surface area (Å²) in [5, 5.41) is 2.66. The fourth-order valence-electron chi connectivity index (χ4n) is 1.39. The molecule has 1 atom stereocenters. The van der Waals surface area contributed by atoms with E-state index < -0.39 is 17.7 Å². The summed E-state index contributed by atoms with van der Waals surface area (Å²) >= 11 is 6.57. The highest BCUT2D eigenvalue weighted by atomic mass is 79.9. The van der Waals surface area contributed by atoms with E-state index in [1.807, 2.05) is 0 Å². The number of anilines is 1. The molecule has 0 fully saturated rings. The van der Waals surface area contributed by atoms with Gasteiger partial charge in [-0.2, -0.15) is 0 Å².